The van der Waals surface area contributed by atoms with Crippen molar-refractivity contribution in [2.45, 2.75) is 30.8 Å². The molecule has 4 atom stereocenters. The standard InChI is InChI=1S/C25H20F3N7O3/c26-16-7-14(8-17(27)23(16)28)19-10-35(33-31-19)20-9-21(38-22(11-36)24(20)37)25-32-30-12-34(25)15-3-4-18-13(6-15)2-1-5-29-18/h1-8,10,12,20-22,24,36-37H,9,11H2. The van der Waals surface area contributed by atoms with Gasteiger partial charge in [-0.15, -0.1) is 15.3 Å². The summed E-state index contributed by atoms with van der Waals surface area (Å²) in [6, 6.07) is 10.3. The first-order valence-electron chi connectivity index (χ1n) is 11.7. The van der Waals surface area contributed by atoms with Crippen LogP contribution in [0.5, 0.6) is 0 Å². The van der Waals surface area contributed by atoms with E-state index in [2.05, 4.69) is 25.5 Å². The molecule has 0 aliphatic carbocycles. The molecule has 2 N–H and O–H groups in total. The first-order chi connectivity index (χ1) is 18.4. The van der Waals surface area contributed by atoms with Crippen LogP contribution in [0, 0.1) is 17.5 Å². The van der Waals surface area contributed by atoms with E-state index in [4.69, 9.17) is 4.74 Å². The molecule has 2 aromatic carbocycles. The Bertz CT molecular complexity index is 1600. The summed E-state index contributed by atoms with van der Waals surface area (Å²) < 4.78 is 50.0. The fourth-order valence-electron chi connectivity index (χ4n) is 4.69. The number of aliphatic hydroxyl groups excluding tert-OH is 2. The van der Waals surface area contributed by atoms with Crippen molar-refractivity contribution >= 4 is 10.9 Å². The average molecular weight is 523 g/mol. The first kappa shape index (κ1) is 24.2. The van der Waals surface area contributed by atoms with Crippen LogP contribution in [0.2, 0.25) is 0 Å². The summed E-state index contributed by atoms with van der Waals surface area (Å²) in [6.07, 6.45) is 1.92. The zero-order valence-corrected chi connectivity index (χ0v) is 19.6. The monoisotopic (exact) mass is 523 g/mol. The highest BCUT2D eigenvalue weighted by Crippen LogP contribution is 2.38. The molecule has 0 spiro atoms. The third-order valence-electron chi connectivity index (χ3n) is 6.61. The summed E-state index contributed by atoms with van der Waals surface area (Å²) in [7, 11) is 0. The quantitative estimate of drug-likeness (QED) is 0.337. The Labute approximate surface area is 213 Å². The third kappa shape index (κ3) is 4.20. The number of rotatable bonds is 5. The van der Waals surface area contributed by atoms with Crippen molar-refractivity contribution < 1.29 is 28.1 Å². The van der Waals surface area contributed by atoms with Gasteiger partial charge in [0.1, 0.15) is 30.3 Å². The molecule has 4 heterocycles. The van der Waals surface area contributed by atoms with Crippen LogP contribution >= 0.6 is 0 Å². The van der Waals surface area contributed by atoms with Crippen LogP contribution < -0.4 is 0 Å². The molecule has 1 aliphatic rings. The van der Waals surface area contributed by atoms with E-state index in [1.807, 2.05) is 30.3 Å². The highest BCUT2D eigenvalue weighted by atomic mass is 19.2. The van der Waals surface area contributed by atoms with Crippen molar-refractivity contribution in [3.63, 3.8) is 0 Å². The second-order valence-electron chi connectivity index (χ2n) is 8.92. The third-order valence-corrected chi connectivity index (χ3v) is 6.61. The van der Waals surface area contributed by atoms with Crippen LogP contribution in [0.25, 0.3) is 27.8 Å². The normalized spacial score (nSPS) is 21.7. The fourth-order valence-corrected chi connectivity index (χ4v) is 4.69. The molecular formula is C25H20F3N7O3. The topological polar surface area (TPSA) is 124 Å². The predicted molar refractivity (Wildman–Crippen MR) is 126 cm³/mol. The van der Waals surface area contributed by atoms with Crippen molar-refractivity contribution in [1.82, 2.24) is 34.7 Å². The van der Waals surface area contributed by atoms with E-state index in [9.17, 15) is 23.4 Å². The lowest BCUT2D eigenvalue weighted by molar-refractivity contribution is -0.161. The Morgan fingerprint density at radius 2 is 1.87 bits per heavy atom. The molecular weight excluding hydrogens is 503 g/mol. The lowest BCUT2D eigenvalue weighted by Crippen LogP contribution is -2.45. The van der Waals surface area contributed by atoms with E-state index < -0.39 is 48.4 Å². The number of pyridine rings is 1. The van der Waals surface area contributed by atoms with Gasteiger partial charge in [-0.2, -0.15) is 0 Å². The summed E-state index contributed by atoms with van der Waals surface area (Å²) >= 11 is 0. The van der Waals surface area contributed by atoms with E-state index in [0.29, 0.717) is 5.82 Å². The van der Waals surface area contributed by atoms with Crippen LogP contribution in [0.4, 0.5) is 13.2 Å². The minimum Gasteiger partial charge on any atom is -0.394 e. The Morgan fingerprint density at radius 1 is 1.05 bits per heavy atom. The molecule has 0 radical (unpaired) electrons. The number of nitrogens with zero attached hydrogens (tertiary/aromatic N) is 7. The molecule has 10 nitrogen and oxygen atoms in total. The number of hydrogen-bond donors (Lipinski definition) is 2. The van der Waals surface area contributed by atoms with Crippen molar-refractivity contribution in [2.24, 2.45) is 0 Å². The summed E-state index contributed by atoms with van der Waals surface area (Å²) in [5.41, 5.74) is 1.65. The first-order valence-corrected chi connectivity index (χ1v) is 11.7. The van der Waals surface area contributed by atoms with Gasteiger partial charge in [-0.3, -0.25) is 9.55 Å². The number of aliphatic hydroxyl groups is 2. The fraction of sp³-hybridized carbons (Fsp3) is 0.240. The molecule has 3 aromatic heterocycles. The van der Waals surface area contributed by atoms with Gasteiger partial charge in [-0.1, -0.05) is 11.3 Å². The molecule has 1 aliphatic heterocycles. The van der Waals surface area contributed by atoms with Crippen LogP contribution in [0.15, 0.2) is 61.2 Å². The Balaban J connectivity index is 1.33. The van der Waals surface area contributed by atoms with Gasteiger partial charge in [0, 0.05) is 29.3 Å². The Hall–Kier alpha value is -4.20. The van der Waals surface area contributed by atoms with Crippen molar-refractivity contribution in [2.75, 3.05) is 6.61 Å². The van der Waals surface area contributed by atoms with Gasteiger partial charge in [0.25, 0.3) is 0 Å². The molecule has 6 rings (SSSR count). The highest BCUT2D eigenvalue weighted by Gasteiger charge is 2.41. The number of ether oxygens (including phenoxy) is 1. The maximum atomic E-state index is 13.7. The number of hydrogen-bond acceptors (Lipinski definition) is 8. The molecule has 0 bridgehead atoms. The maximum absolute atomic E-state index is 13.7. The van der Waals surface area contributed by atoms with E-state index in [1.165, 1.54) is 17.2 Å². The van der Waals surface area contributed by atoms with Crippen LogP contribution in [0.1, 0.15) is 24.4 Å². The van der Waals surface area contributed by atoms with Gasteiger partial charge in [-0.25, -0.2) is 17.9 Å². The van der Waals surface area contributed by atoms with Crippen molar-refractivity contribution in [3.05, 3.63) is 84.5 Å². The van der Waals surface area contributed by atoms with Crippen molar-refractivity contribution in [1.29, 1.82) is 0 Å². The Kier molecular flexibility index (Phi) is 6.10. The molecule has 0 amide bonds. The molecule has 5 aromatic rings. The molecule has 194 valence electrons. The number of fused-ring (bicyclic) bond motifs is 1. The minimum atomic E-state index is -1.58. The summed E-state index contributed by atoms with van der Waals surface area (Å²) in [4.78, 5) is 4.33. The Morgan fingerprint density at radius 3 is 2.66 bits per heavy atom. The highest BCUT2D eigenvalue weighted by molar-refractivity contribution is 5.80. The maximum Gasteiger partial charge on any atom is 0.194 e. The van der Waals surface area contributed by atoms with E-state index in [-0.39, 0.29) is 17.7 Å². The second kappa shape index (κ2) is 9.59. The summed E-state index contributed by atoms with van der Waals surface area (Å²) in [6.45, 7) is -0.486. The number of halogens is 3. The zero-order valence-electron chi connectivity index (χ0n) is 19.6. The molecule has 1 fully saturated rings. The predicted octanol–water partition coefficient (Wildman–Crippen LogP) is 2.92. The van der Waals surface area contributed by atoms with E-state index in [1.54, 1.807) is 10.8 Å². The summed E-state index contributed by atoms with van der Waals surface area (Å²) in [5, 5.41) is 38.0. The molecule has 0 saturated carbocycles. The SMILES string of the molecule is OCC1OC(c2nncn2-c2ccc3ncccc3c2)CC(n2cc(-c3cc(F)c(F)c(F)c3)nn2)C1O. The van der Waals surface area contributed by atoms with Crippen LogP contribution in [-0.4, -0.2) is 63.8 Å². The van der Waals surface area contributed by atoms with Crippen LogP contribution in [0.3, 0.4) is 0 Å². The molecule has 1 saturated heterocycles. The largest absolute Gasteiger partial charge is 0.394 e. The van der Waals surface area contributed by atoms with Gasteiger partial charge in [0.2, 0.25) is 0 Å². The van der Waals surface area contributed by atoms with Gasteiger partial charge in [-0.05, 0) is 36.4 Å². The van der Waals surface area contributed by atoms with Crippen LogP contribution in [-0.2, 0) is 4.74 Å². The van der Waals surface area contributed by atoms with Gasteiger partial charge < -0.3 is 14.9 Å². The second-order valence-corrected chi connectivity index (χ2v) is 8.92. The molecule has 38 heavy (non-hydrogen) atoms. The van der Waals surface area contributed by atoms with Crippen molar-refractivity contribution in [3.8, 4) is 16.9 Å². The zero-order chi connectivity index (χ0) is 26.4. The lowest BCUT2D eigenvalue weighted by Gasteiger charge is -2.38. The average Bonchev–Trinajstić information content (AvgIpc) is 3.62. The van der Waals surface area contributed by atoms with Gasteiger partial charge in [0.15, 0.2) is 23.3 Å². The van der Waals surface area contributed by atoms with E-state index >= 15 is 0 Å². The minimum absolute atomic E-state index is 0.0185. The van der Waals surface area contributed by atoms with E-state index in [0.717, 1.165) is 28.7 Å². The molecule has 13 heteroatoms. The number of aromatic nitrogens is 7. The van der Waals surface area contributed by atoms with Gasteiger partial charge in [0.05, 0.1) is 24.4 Å². The molecule has 4 unspecified atom stereocenters. The lowest BCUT2D eigenvalue weighted by atomic mass is 9.95. The number of benzene rings is 2. The smallest absolute Gasteiger partial charge is 0.194 e. The van der Waals surface area contributed by atoms with Gasteiger partial charge >= 0.3 is 0 Å². The summed E-state index contributed by atoms with van der Waals surface area (Å²) in [5.74, 6) is -3.86.